The Kier molecular flexibility index (Phi) is 4.91. The summed E-state index contributed by atoms with van der Waals surface area (Å²) in [4.78, 5) is 22.2. The van der Waals surface area contributed by atoms with Crippen LogP contribution in [0.2, 0.25) is 0 Å². The van der Waals surface area contributed by atoms with Crippen molar-refractivity contribution in [2.75, 3.05) is 12.4 Å². The molecular formula is C15H10F4N2O4. The van der Waals surface area contributed by atoms with Gasteiger partial charge < -0.3 is 10.1 Å². The minimum atomic E-state index is -4.93. The summed E-state index contributed by atoms with van der Waals surface area (Å²) in [5, 5.41) is 13.1. The third-order valence-corrected chi connectivity index (χ3v) is 3.17. The molecule has 6 nitrogen and oxygen atoms in total. The van der Waals surface area contributed by atoms with Crippen LogP contribution in [0.4, 0.5) is 28.9 Å². The number of carbonyl (C=O) groups excluding carboxylic acids is 1. The summed E-state index contributed by atoms with van der Waals surface area (Å²) in [5.41, 5.74) is -2.50. The summed E-state index contributed by atoms with van der Waals surface area (Å²) in [6, 6.07) is 5.25. The summed E-state index contributed by atoms with van der Waals surface area (Å²) >= 11 is 0. The molecule has 2 rings (SSSR count). The topological polar surface area (TPSA) is 81.5 Å². The fraction of sp³-hybridized carbons (Fsp3) is 0.133. The van der Waals surface area contributed by atoms with Gasteiger partial charge in [-0.3, -0.25) is 14.9 Å². The fourth-order valence-corrected chi connectivity index (χ4v) is 2.00. The molecule has 0 aliphatic carbocycles. The van der Waals surface area contributed by atoms with Crippen LogP contribution in [0.1, 0.15) is 15.9 Å². The maximum atomic E-state index is 13.2. The highest BCUT2D eigenvalue weighted by atomic mass is 19.4. The van der Waals surface area contributed by atoms with E-state index in [2.05, 4.69) is 5.32 Å². The number of ether oxygens (including phenoxy) is 1. The average Bonchev–Trinajstić information content (AvgIpc) is 2.54. The molecule has 0 saturated heterocycles. The number of nitro groups is 1. The Morgan fingerprint density at radius 3 is 2.44 bits per heavy atom. The van der Waals surface area contributed by atoms with Crippen LogP contribution in [0, 0.1) is 15.9 Å². The SMILES string of the molecule is COc1ccc(C(=O)Nc2ccc(F)c(C(F)(F)F)c2)cc1[N+](=O)[O-]. The number of halogens is 4. The first kappa shape index (κ1) is 18.2. The molecule has 0 fully saturated rings. The van der Waals surface area contributed by atoms with Gasteiger partial charge in [-0.25, -0.2) is 4.39 Å². The normalized spacial score (nSPS) is 11.1. The molecule has 0 aliphatic rings. The Morgan fingerprint density at radius 1 is 1.20 bits per heavy atom. The number of rotatable bonds is 4. The number of alkyl halides is 3. The van der Waals surface area contributed by atoms with Gasteiger partial charge in [0.1, 0.15) is 5.82 Å². The maximum absolute atomic E-state index is 13.2. The van der Waals surface area contributed by atoms with Gasteiger partial charge in [0, 0.05) is 17.3 Å². The maximum Gasteiger partial charge on any atom is 0.419 e. The summed E-state index contributed by atoms with van der Waals surface area (Å²) in [5.74, 6) is -2.46. The van der Waals surface area contributed by atoms with Crippen molar-refractivity contribution in [2.45, 2.75) is 6.18 Å². The van der Waals surface area contributed by atoms with E-state index in [-0.39, 0.29) is 17.0 Å². The van der Waals surface area contributed by atoms with E-state index in [9.17, 15) is 32.5 Å². The van der Waals surface area contributed by atoms with Crippen LogP contribution in [0.3, 0.4) is 0 Å². The van der Waals surface area contributed by atoms with Crippen molar-refractivity contribution in [3.8, 4) is 5.75 Å². The molecule has 0 spiro atoms. The molecule has 25 heavy (non-hydrogen) atoms. The van der Waals surface area contributed by atoms with E-state index in [1.54, 1.807) is 0 Å². The third-order valence-electron chi connectivity index (χ3n) is 3.17. The average molecular weight is 358 g/mol. The first-order valence-corrected chi connectivity index (χ1v) is 6.64. The predicted molar refractivity (Wildman–Crippen MR) is 79.0 cm³/mol. The quantitative estimate of drug-likeness (QED) is 0.509. The van der Waals surface area contributed by atoms with Gasteiger partial charge in [0.05, 0.1) is 17.6 Å². The van der Waals surface area contributed by atoms with Gasteiger partial charge in [0.2, 0.25) is 0 Å². The van der Waals surface area contributed by atoms with Gasteiger partial charge in [-0.1, -0.05) is 0 Å². The number of nitrogens with zero attached hydrogens (tertiary/aromatic N) is 1. The van der Waals surface area contributed by atoms with Crippen molar-refractivity contribution in [1.29, 1.82) is 0 Å². The molecule has 0 heterocycles. The van der Waals surface area contributed by atoms with Gasteiger partial charge in [-0.05, 0) is 30.3 Å². The number of hydrogen-bond donors (Lipinski definition) is 1. The molecule has 0 bridgehead atoms. The summed E-state index contributed by atoms with van der Waals surface area (Å²) < 4.78 is 56.0. The van der Waals surface area contributed by atoms with E-state index in [0.29, 0.717) is 12.1 Å². The lowest BCUT2D eigenvalue weighted by Gasteiger charge is -2.11. The van der Waals surface area contributed by atoms with Gasteiger partial charge >= 0.3 is 11.9 Å². The molecule has 1 amide bonds. The van der Waals surface area contributed by atoms with Crippen molar-refractivity contribution >= 4 is 17.3 Å². The molecule has 0 radical (unpaired) electrons. The highest BCUT2D eigenvalue weighted by Crippen LogP contribution is 2.33. The van der Waals surface area contributed by atoms with Crippen LogP contribution in [0.15, 0.2) is 36.4 Å². The van der Waals surface area contributed by atoms with Crippen LogP contribution in [-0.2, 0) is 6.18 Å². The molecule has 10 heteroatoms. The molecule has 0 unspecified atom stereocenters. The highest BCUT2D eigenvalue weighted by molar-refractivity contribution is 6.04. The second-order valence-corrected chi connectivity index (χ2v) is 4.79. The number of benzene rings is 2. The Hall–Kier alpha value is -3.17. The van der Waals surface area contributed by atoms with E-state index in [4.69, 9.17) is 4.74 Å². The number of anilines is 1. The first-order chi connectivity index (χ1) is 11.6. The number of nitrogens with one attached hydrogen (secondary N) is 1. The molecule has 0 aromatic heterocycles. The first-order valence-electron chi connectivity index (χ1n) is 6.64. The van der Waals surface area contributed by atoms with Crippen molar-refractivity contribution in [1.82, 2.24) is 0 Å². The smallest absolute Gasteiger partial charge is 0.419 e. The summed E-state index contributed by atoms with van der Waals surface area (Å²) in [6.45, 7) is 0. The molecule has 0 aliphatic heterocycles. The number of amides is 1. The molecule has 132 valence electrons. The lowest BCUT2D eigenvalue weighted by atomic mass is 10.1. The number of methoxy groups -OCH3 is 1. The number of hydrogen-bond acceptors (Lipinski definition) is 4. The standard InChI is InChI=1S/C15H10F4N2O4/c1-25-13-5-2-8(6-12(13)21(23)24)14(22)20-9-3-4-11(16)10(7-9)15(17,18)19/h2-7H,1H3,(H,20,22). The third kappa shape index (κ3) is 4.03. The van der Waals surface area contributed by atoms with Crippen molar-refractivity contribution < 1.29 is 32.0 Å². The lowest BCUT2D eigenvalue weighted by molar-refractivity contribution is -0.385. The van der Waals surface area contributed by atoms with Crippen molar-refractivity contribution in [3.63, 3.8) is 0 Å². The van der Waals surface area contributed by atoms with Crippen LogP contribution in [0.5, 0.6) is 5.75 Å². The van der Waals surface area contributed by atoms with Crippen LogP contribution in [-0.4, -0.2) is 17.9 Å². The number of nitro benzene ring substituents is 1. The molecule has 0 saturated carbocycles. The molecule has 2 aromatic rings. The second kappa shape index (κ2) is 6.75. The summed E-state index contributed by atoms with van der Waals surface area (Å²) in [7, 11) is 1.21. The van der Waals surface area contributed by atoms with Crippen LogP contribution in [0.25, 0.3) is 0 Å². The van der Waals surface area contributed by atoms with Crippen LogP contribution >= 0.6 is 0 Å². The fourth-order valence-electron chi connectivity index (χ4n) is 2.00. The van der Waals surface area contributed by atoms with Crippen molar-refractivity contribution in [2.24, 2.45) is 0 Å². The molecule has 0 atom stereocenters. The Labute approximate surface area is 138 Å². The van der Waals surface area contributed by atoms with E-state index in [1.165, 1.54) is 19.2 Å². The predicted octanol–water partition coefficient (Wildman–Crippen LogP) is 4.01. The van der Waals surface area contributed by atoms with Crippen molar-refractivity contribution in [3.05, 3.63) is 63.5 Å². The van der Waals surface area contributed by atoms with E-state index in [1.807, 2.05) is 0 Å². The zero-order chi connectivity index (χ0) is 18.8. The van der Waals surface area contributed by atoms with Gasteiger partial charge in [-0.2, -0.15) is 13.2 Å². The van der Waals surface area contributed by atoms with E-state index in [0.717, 1.165) is 12.1 Å². The molecule has 2 aromatic carbocycles. The lowest BCUT2D eigenvalue weighted by Crippen LogP contribution is -2.14. The largest absolute Gasteiger partial charge is 0.490 e. The zero-order valence-corrected chi connectivity index (χ0v) is 12.6. The minimum absolute atomic E-state index is 0.0808. The number of carbonyl (C=O) groups is 1. The van der Waals surface area contributed by atoms with Gasteiger partial charge in [0.25, 0.3) is 5.91 Å². The van der Waals surface area contributed by atoms with Crippen LogP contribution < -0.4 is 10.1 Å². The Balaban J connectivity index is 2.32. The molecular weight excluding hydrogens is 348 g/mol. The summed E-state index contributed by atoms with van der Waals surface area (Å²) in [6.07, 6.45) is -4.93. The highest BCUT2D eigenvalue weighted by Gasteiger charge is 2.34. The molecule has 1 N–H and O–H groups in total. The monoisotopic (exact) mass is 358 g/mol. The second-order valence-electron chi connectivity index (χ2n) is 4.79. The Bertz CT molecular complexity index is 837. The van der Waals surface area contributed by atoms with Gasteiger partial charge in [-0.15, -0.1) is 0 Å². The van der Waals surface area contributed by atoms with Gasteiger partial charge in [0.15, 0.2) is 5.75 Å². The van der Waals surface area contributed by atoms with E-state index >= 15 is 0 Å². The van der Waals surface area contributed by atoms with E-state index < -0.39 is 34.1 Å². The zero-order valence-electron chi connectivity index (χ0n) is 12.6. The Morgan fingerprint density at radius 2 is 1.88 bits per heavy atom. The minimum Gasteiger partial charge on any atom is -0.490 e.